The van der Waals surface area contributed by atoms with Crippen LogP contribution in [0.25, 0.3) is 11.4 Å². The van der Waals surface area contributed by atoms with Crippen molar-refractivity contribution in [1.29, 1.82) is 0 Å². The molecule has 33 heavy (non-hydrogen) atoms. The zero-order valence-electron chi connectivity index (χ0n) is 18.3. The molecule has 1 amide bonds. The molecule has 3 aromatic heterocycles. The Balaban J connectivity index is 1.70. The van der Waals surface area contributed by atoms with E-state index in [2.05, 4.69) is 30.2 Å². The lowest BCUT2D eigenvalue weighted by Crippen LogP contribution is -2.57. The highest BCUT2D eigenvalue weighted by molar-refractivity contribution is 5.74. The summed E-state index contributed by atoms with van der Waals surface area (Å²) in [7, 11) is 0. The van der Waals surface area contributed by atoms with Crippen LogP contribution in [0.5, 0.6) is 0 Å². The van der Waals surface area contributed by atoms with Crippen LogP contribution in [0.2, 0.25) is 0 Å². The van der Waals surface area contributed by atoms with Crippen molar-refractivity contribution in [3.05, 3.63) is 54.5 Å². The molecule has 1 saturated heterocycles. The number of carbonyl (C=O) groups excluding carboxylic acids is 1. The number of hydrogen-bond acceptors (Lipinski definition) is 10. The minimum Gasteiger partial charge on any atom is -0.342 e. The minimum atomic E-state index is -2.98. The Bertz CT molecular complexity index is 1140. The summed E-state index contributed by atoms with van der Waals surface area (Å²) in [6.45, 7) is 3.38. The molecule has 0 unspecified atom stereocenters. The number of aryl methyl sites for hydroxylation is 1. The molecule has 4 N–H and O–H groups in total. The Hall–Kier alpha value is -3.54. The minimum absolute atomic E-state index is 0.124. The summed E-state index contributed by atoms with van der Waals surface area (Å²) in [6, 6.07) is 2.55. The number of piperidine rings is 1. The molecule has 4 rings (SSSR count). The Morgan fingerprint density at radius 3 is 2.55 bits per heavy atom. The monoisotopic (exact) mass is 451 g/mol. The van der Waals surface area contributed by atoms with Gasteiger partial charge in [0, 0.05) is 44.0 Å². The van der Waals surface area contributed by atoms with E-state index in [-0.39, 0.29) is 24.8 Å². The van der Waals surface area contributed by atoms with E-state index in [1.807, 2.05) is 13.0 Å². The van der Waals surface area contributed by atoms with E-state index in [9.17, 15) is 20.1 Å². The van der Waals surface area contributed by atoms with Crippen molar-refractivity contribution in [3.8, 4) is 11.4 Å². The zero-order valence-corrected chi connectivity index (χ0v) is 18.3. The first-order valence-electron chi connectivity index (χ1n) is 10.5. The molecular weight excluding hydrogens is 426 g/mol. The topological polar surface area (TPSA) is 157 Å². The molecule has 0 spiro atoms. The van der Waals surface area contributed by atoms with E-state index < -0.39 is 12.0 Å². The van der Waals surface area contributed by atoms with Gasteiger partial charge in [-0.25, -0.2) is 9.97 Å². The number of amides is 1. The number of likely N-dealkylation sites (tertiary alicyclic amines) is 1. The smallest absolute Gasteiger partial charge is 0.297 e. The molecule has 11 heteroatoms. The van der Waals surface area contributed by atoms with E-state index in [4.69, 9.17) is 0 Å². The predicted molar refractivity (Wildman–Crippen MR) is 118 cm³/mol. The zero-order chi connectivity index (χ0) is 23.6. The van der Waals surface area contributed by atoms with Gasteiger partial charge in [0.15, 0.2) is 0 Å². The Morgan fingerprint density at radius 1 is 1.06 bits per heavy atom. The fourth-order valence-electron chi connectivity index (χ4n) is 3.98. The SMILES string of the molecule is CC(=O)N1C[C@@H](c2nc(Nc3cncc(C)c3)cc(-c3cnccn3)n2)CC[C@H]1C(O)(O)O. The quantitative estimate of drug-likeness (QED) is 0.414. The van der Waals surface area contributed by atoms with E-state index in [0.717, 1.165) is 11.3 Å². The van der Waals surface area contributed by atoms with E-state index in [1.165, 1.54) is 11.8 Å². The summed E-state index contributed by atoms with van der Waals surface area (Å²) >= 11 is 0. The molecule has 1 fully saturated rings. The maximum atomic E-state index is 12.2. The van der Waals surface area contributed by atoms with Crippen LogP contribution in [0.1, 0.15) is 37.1 Å². The number of aliphatic hydroxyl groups is 3. The number of nitrogens with zero attached hydrogens (tertiary/aromatic N) is 6. The summed E-state index contributed by atoms with van der Waals surface area (Å²) in [5.41, 5.74) is 2.85. The van der Waals surface area contributed by atoms with Crippen LogP contribution in [-0.2, 0) is 4.79 Å². The first-order chi connectivity index (χ1) is 15.7. The van der Waals surface area contributed by atoms with Gasteiger partial charge in [-0.05, 0) is 31.4 Å². The Kier molecular flexibility index (Phi) is 6.27. The van der Waals surface area contributed by atoms with E-state index >= 15 is 0 Å². The normalized spacial score (nSPS) is 18.8. The highest BCUT2D eigenvalue weighted by Crippen LogP contribution is 2.33. The van der Waals surface area contributed by atoms with Gasteiger partial charge in [-0.1, -0.05) is 0 Å². The molecule has 0 saturated carbocycles. The van der Waals surface area contributed by atoms with Gasteiger partial charge in [-0.3, -0.25) is 19.7 Å². The van der Waals surface area contributed by atoms with Gasteiger partial charge in [0.25, 0.3) is 5.97 Å². The maximum Gasteiger partial charge on any atom is 0.297 e. The van der Waals surface area contributed by atoms with Gasteiger partial charge >= 0.3 is 0 Å². The van der Waals surface area contributed by atoms with Crippen LogP contribution in [0, 0.1) is 6.92 Å². The third-order valence-corrected chi connectivity index (χ3v) is 5.51. The number of nitrogens with one attached hydrogen (secondary N) is 1. The first kappa shape index (κ1) is 22.6. The fourth-order valence-corrected chi connectivity index (χ4v) is 3.98. The third kappa shape index (κ3) is 5.28. The summed E-state index contributed by atoms with van der Waals surface area (Å²) in [6.07, 6.45) is 8.77. The molecule has 2 atom stereocenters. The van der Waals surface area contributed by atoms with Crippen LogP contribution in [0.3, 0.4) is 0 Å². The van der Waals surface area contributed by atoms with Crippen molar-refractivity contribution in [3.63, 3.8) is 0 Å². The lowest BCUT2D eigenvalue weighted by molar-refractivity contribution is -0.342. The molecule has 11 nitrogen and oxygen atoms in total. The predicted octanol–water partition coefficient (Wildman–Crippen LogP) is 1.11. The second-order valence-electron chi connectivity index (χ2n) is 8.11. The number of anilines is 2. The number of pyridine rings is 1. The number of carbonyl (C=O) groups is 1. The molecule has 1 aliphatic heterocycles. The third-order valence-electron chi connectivity index (χ3n) is 5.51. The van der Waals surface area contributed by atoms with Crippen molar-refractivity contribution >= 4 is 17.4 Å². The van der Waals surface area contributed by atoms with Crippen molar-refractivity contribution in [2.45, 2.75) is 44.6 Å². The number of aromatic nitrogens is 5. The van der Waals surface area contributed by atoms with Crippen LogP contribution in [0.4, 0.5) is 11.5 Å². The van der Waals surface area contributed by atoms with Gasteiger partial charge in [-0.15, -0.1) is 0 Å². The molecular formula is C22H25N7O4. The molecule has 0 aliphatic carbocycles. The van der Waals surface area contributed by atoms with Crippen LogP contribution < -0.4 is 5.32 Å². The first-order valence-corrected chi connectivity index (χ1v) is 10.5. The lowest BCUT2D eigenvalue weighted by atomic mass is 9.90. The summed E-state index contributed by atoms with van der Waals surface area (Å²) in [4.78, 5) is 35.4. The standard InChI is InChI=1S/C22H25N7O4/c1-13-7-16(10-24-9-13)26-20-8-17(18-11-23-5-6-25-18)27-21(28-20)15-3-4-19(22(31,32)33)29(12-15)14(2)30/h5-11,15,19,31-33H,3-4,12H2,1-2H3,(H,26,27,28)/t15-,19-/m0/s1. The molecule has 4 heterocycles. The molecule has 172 valence electrons. The fraction of sp³-hybridized carbons (Fsp3) is 0.364. The van der Waals surface area contributed by atoms with E-state index in [0.29, 0.717) is 29.5 Å². The molecule has 1 aliphatic rings. The van der Waals surface area contributed by atoms with Crippen molar-refractivity contribution in [2.24, 2.45) is 0 Å². The summed E-state index contributed by atoms with van der Waals surface area (Å²) in [5, 5.41) is 32.3. The van der Waals surface area contributed by atoms with Gasteiger partial charge in [-0.2, -0.15) is 0 Å². The van der Waals surface area contributed by atoms with Crippen LogP contribution in [-0.4, -0.2) is 69.6 Å². The summed E-state index contributed by atoms with van der Waals surface area (Å²) in [5.74, 6) is -2.68. The Labute approximate surface area is 190 Å². The van der Waals surface area contributed by atoms with Crippen molar-refractivity contribution in [1.82, 2.24) is 29.8 Å². The summed E-state index contributed by atoms with van der Waals surface area (Å²) < 4.78 is 0. The number of hydrogen-bond donors (Lipinski definition) is 4. The van der Waals surface area contributed by atoms with E-state index in [1.54, 1.807) is 37.1 Å². The largest absolute Gasteiger partial charge is 0.342 e. The second kappa shape index (κ2) is 9.14. The van der Waals surface area contributed by atoms with Crippen molar-refractivity contribution < 1.29 is 20.1 Å². The van der Waals surface area contributed by atoms with Gasteiger partial charge < -0.3 is 25.5 Å². The second-order valence-corrected chi connectivity index (χ2v) is 8.11. The molecule has 3 aromatic rings. The van der Waals surface area contributed by atoms with Gasteiger partial charge in [0.05, 0.1) is 23.8 Å². The van der Waals surface area contributed by atoms with Gasteiger partial charge in [0.2, 0.25) is 5.91 Å². The van der Waals surface area contributed by atoms with Crippen LogP contribution in [0.15, 0.2) is 43.1 Å². The van der Waals surface area contributed by atoms with Crippen LogP contribution >= 0.6 is 0 Å². The highest BCUT2D eigenvalue weighted by Gasteiger charge is 2.43. The molecule has 0 aromatic carbocycles. The number of rotatable bonds is 5. The van der Waals surface area contributed by atoms with Gasteiger partial charge in [0.1, 0.15) is 23.4 Å². The Morgan fingerprint density at radius 2 is 1.88 bits per heavy atom. The molecule has 0 bridgehead atoms. The molecule has 0 radical (unpaired) electrons. The average molecular weight is 451 g/mol. The lowest BCUT2D eigenvalue weighted by Gasteiger charge is -2.41. The maximum absolute atomic E-state index is 12.2. The average Bonchev–Trinajstić information content (AvgIpc) is 2.78. The van der Waals surface area contributed by atoms with Crippen molar-refractivity contribution in [2.75, 3.05) is 11.9 Å². The highest BCUT2D eigenvalue weighted by atomic mass is 16.7.